The van der Waals surface area contributed by atoms with Gasteiger partial charge in [-0.15, -0.1) is 25.7 Å². The molecule has 3 aromatic heterocycles. The Hall–Kier alpha value is -13.6. The third-order valence-electron chi connectivity index (χ3n) is 29.3. The van der Waals surface area contributed by atoms with E-state index < -0.39 is 11.3 Å². The lowest BCUT2D eigenvalue weighted by Gasteiger charge is -2.37. The highest BCUT2D eigenvalue weighted by Crippen LogP contribution is 2.47. The minimum absolute atomic E-state index is 0.00721. The third kappa shape index (κ3) is 22.6. The number of H-pyrrole nitrogens is 3. The number of nitrogens with one attached hydrogen (secondary N) is 5. The van der Waals surface area contributed by atoms with Crippen molar-refractivity contribution in [1.29, 1.82) is 0 Å². The van der Waals surface area contributed by atoms with Crippen molar-refractivity contribution < 1.29 is 47.0 Å². The molecule has 5 aliphatic heterocycles. The van der Waals surface area contributed by atoms with Gasteiger partial charge in [0.05, 0.1) is 37.8 Å². The summed E-state index contributed by atoms with van der Waals surface area (Å²) in [5.74, 6) is 16.6. The monoisotopic (exact) mass is 1850 g/mol. The van der Waals surface area contributed by atoms with Crippen molar-refractivity contribution in [3.05, 3.63) is 281 Å². The Labute approximate surface area is 809 Å². The van der Waals surface area contributed by atoms with E-state index in [1.165, 1.54) is 72.8 Å². The summed E-state index contributed by atoms with van der Waals surface area (Å²) in [6.07, 6.45) is 40.6. The topological polar surface area (TPSA) is 262 Å². The number of imidazole rings is 1. The third-order valence-corrected chi connectivity index (χ3v) is 29.3. The Morgan fingerprint density at radius 1 is 0.471 bits per heavy atom. The number of ether oxygens (including phenoxy) is 3. The fourth-order valence-electron chi connectivity index (χ4n) is 20.1. The highest BCUT2D eigenvalue weighted by atomic mass is 19.1. The highest BCUT2D eigenvalue weighted by molar-refractivity contribution is 6.00. The van der Waals surface area contributed by atoms with Gasteiger partial charge in [-0.3, -0.25) is 29.4 Å². The maximum absolute atomic E-state index is 15.8. The molecule has 3 saturated carbocycles. The molecule has 8 aliphatic rings. The van der Waals surface area contributed by atoms with Gasteiger partial charge in [0.1, 0.15) is 28.8 Å². The molecule has 6 amide bonds. The van der Waals surface area contributed by atoms with Gasteiger partial charge in [-0.05, 0) is 275 Å². The molecule has 712 valence electrons. The fraction of sp³-hybridized carbons (Fsp3) is 0.404. The molecule has 8 heterocycles. The van der Waals surface area contributed by atoms with Crippen LogP contribution < -0.4 is 10.6 Å². The molecule has 5 N–H and O–H groups in total. The minimum atomic E-state index is -1.48. The molecule has 19 rings (SSSR count). The van der Waals surface area contributed by atoms with Crippen LogP contribution in [0.1, 0.15) is 287 Å². The molecule has 11 aromatic rings. The molecule has 8 fully saturated rings. The second kappa shape index (κ2) is 44.2. The van der Waals surface area contributed by atoms with E-state index in [0.717, 1.165) is 161 Å². The van der Waals surface area contributed by atoms with E-state index >= 15 is 8.78 Å². The minimum Gasteiger partial charge on any atom is -0.384 e. The number of aromatic nitrogens is 8. The van der Waals surface area contributed by atoms with Crippen molar-refractivity contribution in [3.8, 4) is 83.5 Å². The molecule has 0 spiro atoms. The van der Waals surface area contributed by atoms with Crippen LogP contribution in [0.2, 0.25) is 0 Å². The first kappa shape index (κ1) is 97.5. The highest BCUT2D eigenvalue weighted by Gasteiger charge is 2.42. The zero-order chi connectivity index (χ0) is 96.7. The number of piperidine rings is 4. The Morgan fingerprint density at radius 3 is 1.30 bits per heavy atom. The van der Waals surface area contributed by atoms with E-state index in [4.69, 9.17) is 44.9 Å². The largest absolute Gasteiger partial charge is 0.384 e. The first-order chi connectivity index (χ1) is 66.9. The number of amides is 6. The predicted molar refractivity (Wildman–Crippen MR) is 534 cm³/mol. The van der Waals surface area contributed by atoms with Crippen molar-refractivity contribution in [2.45, 2.75) is 210 Å². The maximum atomic E-state index is 15.8. The smallest absolute Gasteiger partial charge is 0.319 e. The van der Waals surface area contributed by atoms with Crippen LogP contribution in [0.15, 0.2) is 158 Å². The molecule has 24 heteroatoms. The summed E-state index contributed by atoms with van der Waals surface area (Å²) in [5, 5.41) is 20.6. The lowest BCUT2D eigenvalue weighted by Crippen LogP contribution is -2.43. The molecular formula is C114H124F2N14O8. The van der Waals surface area contributed by atoms with Gasteiger partial charge >= 0.3 is 6.03 Å². The number of hydrogen-bond acceptors (Lipinski definition) is 13. The van der Waals surface area contributed by atoms with Crippen LogP contribution in [0, 0.1) is 84.0 Å². The molecule has 1 atom stereocenters. The van der Waals surface area contributed by atoms with Gasteiger partial charge in [-0.25, -0.2) is 28.5 Å². The summed E-state index contributed by atoms with van der Waals surface area (Å²) in [6, 6.07) is 48.1. The number of rotatable bonds is 21. The van der Waals surface area contributed by atoms with Crippen molar-refractivity contribution in [2.75, 3.05) is 91.7 Å². The van der Waals surface area contributed by atoms with Crippen LogP contribution in [-0.4, -0.2) is 182 Å². The molecular weight excluding hydrogens is 1730 g/mol. The van der Waals surface area contributed by atoms with Crippen LogP contribution in [0.3, 0.4) is 0 Å². The molecule has 1 unspecified atom stereocenters. The van der Waals surface area contributed by atoms with Gasteiger partial charge in [0.25, 0.3) is 23.6 Å². The second-order valence-corrected chi connectivity index (χ2v) is 38.2. The number of carbonyl (C=O) groups excluding carboxylic acids is 5. The van der Waals surface area contributed by atoms with Crippen molar-refractivity contribution in [1.82, 2.24) is 65.2 Å². The number of hydrogen-bond donors (Lipinski definition) is 5. The first-order valence-electron chi connectivity index (χ1n) is 48.7. The average Bonchev–Trinajstić information content (AvgIpc) is 1.30. The Balaban J connectivity index is 0.000000133. The Kier molecular flexibility index (Phi) is 31.2. The van der Waals surface area contributed by atoms with Gasteiger partial charge < -0.3 is 49.4 Å². The van der Waals surface area contributed by atoms with Gasteiger partial charge in [0.2, 0.25) is 0 Å². The molecule has 138 heavy (non-hydrogen) atoms. The van der Waals surface area contributed by atoms with Crippen LogP contribution in [-0.2, 0) is 38.6 Å². The summed E-state index contributed by atoms with van der Waals surface area (Å²) >= 11 is 0. The SMILES string of the molecule is C#Cc1ccc(C2(F)CCN(C(=O)c3cc(-c4n[nH]c(CCOC)n4)c(C4CCC4)cc3C)CC2)cc1.C#Cc1ccc(C2(F)CCN(C(=O)c3ccc(C)c(NC(=O)NC4CCOC4)c3)CC2)cc1.C#Cc1ccc(C2CCN(C(=O)c3cc(-c4n[nH]c(C)n4)c(C4CCC4)cc3C)CC2)cc1.C#Cc1ccc(C2CCN(C(=O)c3cc(-c4ncc(COC)[nH]4)c(C4CCC4)cc3C)CC2)cc1. The number of terminal acetylenes is 4. The number of likely N-dealkylation sites (tertiary alicyclic amines) is 4. The van der Waals surface area contributed by atoms with E-state index in [-0.39, 0.29) is 61.4 Å². The summed E-state index contributed by atoms with van der Waals surface area (Å²) in [5.41, 5.74) is 18.9. The molecule has 3 aliphatic carbocycles. The van der Waals surface area contributed by atoms with Gasteiger partial charge in [0.15, 0.2) is 11.6 Å². The maximum Gasteiger partial charge on any atom is 0.319 e. The Bertz CT molecular complexity index is 6360. The number of halogens is 2. The van der Waals surface area contributed by atoms with Gasteiger partial charge in [0, 0.05) is 172 Å². The predicted octanol–water partition coefficient (Wildman–Crippen LogP) is 20.5. The van der Waals surface area contributed by atoms with Crippen molar-refractivity contribution in [2.24, 2.45) is 0 Å². The number of aryl methyl sites for hydroxylation is 5. The van der Waals surface area contributed by atoms with E-state index in [0.29, 0.717) is 134 Å². The number of urea groups is 1. The molecule has 22 nitrogen and oxygen atoms in total. The van der Waals surface area contributed by atoms with E-state index in [2.05, 4.69) is 132 Å². The number of methoxy groups -OCH3 is 2. The van der Waals surface area contributed by atoms with Crippen LogP contribution in [0.4, 0.5) is 19.3 Å². The summed E-state index contributed by atoms with van der Waals surface area (Å²) in [4.78, 5) is 91.0. The zero-order valence-electron chi connectivity index (χ0n) is 80.3. The molecule has 8 aromatic carbocycles. The lowest BCUT2D eigenvalue weighted by molar-refractivity contribution is 0.0412. The summed E-state index contributed by atoms with van der Waals surface area (Å²) < 4.78 is 47.1. The second-order valence-electron chi connectivity index (χ2n) is 38.2. The lowest BCUT2D eigenvalue weighted by atomic mass is 9.77. The van der Waals surface area contributed by atoms with Crippen LogP contribution >= 0.6 is 0 Å². The van der Waals surface area contributed by atoms with Crippen molar-refractivity contribution in [3.63, 3.8) is 0 Å². The van der Waals surface area contributed by atoms with Crippen LogP contribution in [0.25, 0.3) is 34.2 Å². The Morgan fingerprint density at radius 2 is 0.891 bits per heavy atom. The molecule has 0 bridgehead atoms. The van der Waals surface area contributed by atoms with Crippen LogP contribution in [0.5, 0.6) is 0 Å². The standard InChI is InChI=1S/C30H33FN4O2.C30H33N3O2.C28H30N4O.C26H28FN3O3/c1-4-21-8-10-23(11-9-21)30(31)13-15-35(16-14-30)29(36)24-19-26(25(18-20(24)2)22-6-5-7-22)28-32-27(33-34-28)12-17-37-3;1-4-21-8-10-22(11-9-21)23-12-14-33(15-13-23)30(34)26-17-28(29-31-18-25(32-29)19-35-3)27(16-20(26)2)24-6-5-7-24;1-4-20-8-10-21(11-9-20)22-12-14-32(15-13-22)28(33)24-17-26(27-29-19(3)30-31-27)25(16-18(24)2)23-6-5-7-23;1-3-19-5-8-21(9-6-19)26(27)11-13-30(14-12-26)24(31)20-7-4-18(2)23(16-20)29-25(32)28-22-10-15-33-17-22/h1,8-11,18-19,22H,5-7,12-17H2,2-3H3,(H,32,33,34);1,8-11,16-18,23-24H,5-7,12-15,19H2,2-3H3,(H,31,32);1,8-11,16-17,22-23H,5-7,12-15H2,2-3H3,(H,29,30,31);1,4-9,16,22H,10-15,17H2,2H3,(H2,28,29,32). The number of anilines is 1. The average molecular weight is 1860 g/mol. The summed E-state index contributed by atoms with van der Waals surface area (Å²) in [6.45, 7) is 16.5. The zero-order valence-corrected chi connectivity index (χ0v) is 80.3. The number of carbonyl (C=O) groups is 5. The van der Waals surface area contributed by atoms with E-state index in [9.17, 15) is 24.0 Å². The first-order valence-corrected chi connectivity index (χ1v) is 48.7. The van der Waals surface area contributed by atoms with Gasteiger partial charge in [-0.1, -0.05) is 116 Å². The summed E-state index contributed by atoms with van der Waals surface area (Å²) in [7, 11) is 3.34. The number of aromatic amines is 3. The number of benzene rings is 8. The quantitative estimate of drug-likeness (QED) is 0.0420. The fourth-order valence-corrected chi connectivity index (χ4v) is 20.1. The van der Waals surface area contributed by atoms with Gasteiger partial charge in [-0.2, -0.15) is 10.2 Å². The number of nitrogens with zero attached hydrogens (tertiary/aromatic N) is 9. The normalized spacial score (nSPS) is 17.6. The van der Waals surface area contributed by atoms with Crippen molar-refractivity contribution >= 4 is 35.3 Å². The van der Waals surface area contributed by atoms with E-state index in [1.54, 1.807) is 90.7 Å². The molecule has 5 saturated heterocycles. The number of alkyl halides is 2. The van der Waals surface area contributed by atoms with E-state index in [1.807, 2.05) is 73.2 Å². The molecule has 0 radical (unpaired) electrons.